The lowest BCUT2D eigenvalue weighted by Gasteiger charge is -2.15. The Hall–Kier alpha value is -2.49. The Balaban J connectivity index is 1.82. The number of anilines is 1. The maximum atomic E-state index is 12.0. The Morgan fingerprint density at radius 1 is 1.04 bits per heavy atom. The third kappa shape index (κ3) is 4.75. The highest BCUT2D eigenvalue weighted by atomic mass is 16.5. The molecule has 2 N–H and O–H groups in total. The minimum absolute atomic E-state index is 0.215. The van der Waals surface area contributed by atoms with Gasteiger partial charge in [-0.25, -0.2) is 4.79 Å². The van der Waals surface area contributed by atoms with Crippen LogP contribution in [0.25, 0.3) is 0 Å². The second kappa shape index (κ2) is 8.39. The fourth-order valence-electron chi connectivity index (χ4n) is 2.58. The van der Waals surface area contributed by atoms with Crippen molar-refractivity contribution in [1.29, 1.82) is 0 Å². The molecule has 0 saturated carbocycles. The molecule has 0 aliphatic rings. The van der Waals surface area contributed by atoms with Gasteiger partial charge in [0.1, 0.15) is 12.4 Å². The zero-order valence-corrected chi connectivity index (χ0v) is 14.8. The fraction of sp³-hybridized carbons (Fsp3) is 0.350. The van der Waals surface area contributed by atoms with Crippen LogP contribution in [0.1, 0.15) is 36.5 Å². The van der Waals surface area contributed by atoms with Crippen LogP contribution in [0.2, 0.25) is 0 Å². The van der Waals surface area contributed by atoms with Crippen molar-refractivity contribution in [2.45, 2.75) is 33.6 Å². The summed E-state index contributed by atoms with van der Waals surface area (Å²) in [5.41, 5.74) is 4.14. The molecule has 0 aliphatic carbocycles. The summed E-state index contributed by atoms with van der Waals surface area (Å²) >= 11 is 0. The first kappa shape index (κ1) is 17.9. The third-order valence-electron chi connectivity index (χ3n) is 3.91. The van der Waals surface area contributed by atoms with Crippen molar-refractivity contribution in [3.63, 3.8) is 0 Å². The summed E-state index contributed by atoms with van der Waals surface area (Å²) in [6.45, 7) is 9.12. The largest absolute Gasteiger partial charge is 0.491 e. The highest BCUT2D eigenvalue weighted by Crippen LogP contribution is 2.25. The number of carbonyl (C=O) groups excluding carboxylic acids is 1. The number of urea groups is 1. The minimum Gasteiger partial charge on any atom is -0.491 e. The number of ether oxygens (including phenoxy) is 1. The molecule has 0 aliphatic heterocycles. The van der Waals surface area contributed by atoms with Crippen molar-refractivity contribution in [1.82, 2.24) is 5.32 Å². The Bertz CT molecular complexity index is 676. The van der Waals surface area contributed by atoms with Crippen molar-refractivity contribution in [2.24, 2.45) is 0 Å². The van der Waals surface area contributed by atoms with Crippen molar-refractivity contribution < 1.29 is 9.53 Å². The molecule has 128 valence electrons. The number of aryl methyl sites for hydroxylation is 2. The number of hydrogen-bond acceptors (Lipinski definition) is 2. The lowest BCUT2D eigenvalue weighted by molar-refractivity contribution is 0.247. The predicted molar refractivity (Wildman–Crippen MR) is 99.0 cm³/mol. The molecule has 0 radical (unpaired) electrons. The van der Waals surface area contributed by atoms with Crippen LogP contribution in [0.5, 0.6) is 5.75 Å². The summed E-state index contributed by atoms with van der Waals surface area (Å²) in [6.07, 6.45) is 0. The smallest absolute Gasteiger partial charge is 0.319 e. The molecular formula is C20H26N2O2. The van der Waals surface area contributed by atoms with Gasteiger partial charge in [-0.15, -0.1) is 0 Å². The number of para-hydroxylation sites is 2. The van der Waals surface area contributed by atoms with Gasteiger partial charge in [-0.05, 0) is 42.5 Å². The van der Waals surface area contributed by atoms with Crippen LogP contribution in [0.15, 0.2) is 42.5 Å². The average molecular weight is 326 g/mol. The van der Waals surface area contributed by atoms with Crippen molar-refractivity contribution >= 4 is 11.7 Å². The molecule has 4 heteroatoms. The molecule has 2 aromatic carbocycles. The fourth-order valence-corrected chi connectivity index (χ4v) is 2.58. The van der Waals surface area contributed by atoms with Crippen molar-refractivity contribution in [3.8, 4) is 5.75 Å². The normalized spacial score (nSPS) is 10.5. The van der Waals surface area contributed by atoms with Crippen molar-refractivity contribution in [3.05, 3.63) is 59.2 Å². The molecule has 0 spiro atoms. The van der Waals surface area contributed by atoms with E-state index >= 15 is 0 Å². The van der Waals surface area contributed by atoms with Gasteiger partial charge in [-0.2, -0.15) is 0 Å². The number of rotatable bonds is 6. The Morgan fingerprint density at radius 2 is 1.71 bits per heavy atom. The van der Waals surface area contributed by atoms with E-state index in [1.165, 1.54) is 5.56 Å². The Kier molecular flexibility index (Phi) is 6.24. The van der Waals surface area contributed by atoms with Crippen LogP contribution in [0, 0.1) is 13.8 Å². The molecule has 4 nitrogen and oxygen atoms in total. The summed E-state index contributed by atoms with van der Waals surface area (Å²) < 4.78 is 5.80. The summed E-state index contributed by atoms with van der Waals surface area (Å²) in [5, 5.41) is 5.73. The quantitative estimate of drug-likeness (QED) is 0.761. The first-order chi connectivity index (χ1) is 11.5. The van der Waals surface area contributed by atoms with Gasteiger partial charge in [0.2, 0.25) is 0 Å². The second-order valence-corrected chi connectivity index (χ2v) is 6.19. The number of benzene rings is 2. The van der Waals surface area contributed by atoms with Crippen LogP contribution in [0.4, 0.5) is 10.5 Å². The zero-order chi connectivity index (χ0) is 17.5. The Morgan fingerprint density at radius 3 is 2.38 bits per heavy atom. The lowest BCUT2D eigenvalue weighted by atomic mass is 10.0. The minimum atomic E-state index is -0.215. The summed E-state index contributed by atoms with van der Waals surface area (Å²) in [6, 6.07) is 13.7. The Labute approximate surface area is 144 Å². The molecule has 0 fully saturated rings. The van der Waals surface area contributed by atoms with E-state index < -0.39 is 0 Å². The maximum absolute atomic E-state index is 12.0. The van der Waals surface area contributed by atoms with E-state index in [-0.39, 0.29) is 6.03 Å². The highest BCUT2D eigenvalue weighted by molar-refractivity contribution is 5.90. The SMILES string of the molecule is Cc1cccc(C)c1NC(=O)NCCOc1ccccc1C(C)C. The predicted octanol–water partition coefficient (Wildman–Crippen LogP) is 4.63. The number of carbonyl (C=O) groups is 1. The van der Waals surface area contributed by atoms with Crippen LogP contribution in [-0.2, 0) is 0 Å². The van der Waals surface area contributed by atoms with E-state index in [0.29, 0.717) is 19.1 Å². The molecule has 24 heavy (non-hydrogen) atoms. The van der Waals surface area contributed by atoms with Crippen LogP contribution >= 0.6 is 0 Å². The number of nitrogens with one attached hydrogen (secondary N) is 2. The standard InChI is InChI=1S/C20H26N2O2/c1-14(2)17-10-5-6-11-18(17)24-13-12-21-20(23)22-19-15(3)8-7-9-16(19)4/h5-11,14H,12-13H2,1-4H3,(H2,21,22,23). The van der Waals surface area contributed by atoms with E-state index in [1.807, 2.05) is 50.2 Å². The first-order valence-electron chi connectivity index (χ1n) is 8.32. The van der Waals surface area contributed by atoms with Crippen LogP contribution in [-0.4, -0.2) is 19.2 Å². The molecule has 0 bridgehead atoms. The number of amides is 2. The van der Waals surface area contributed by atoms with E-state index in [4.69, 9.17) is 4.74 Å². The topological polar surface area (TPSA) is 50.4 Å². The molecule has 0 atom stereocenters. The van der Waals surface area contributed by atoms with Gasteiger partial charge in [0, 0.05) is 5.69 Å². The van der Waals surface area contributed by atoms with E-state index in [2.05, 4.69) is 30.5 Å². The van der Waals surface area contributed by atoms with E-state index in [1.54, 1.807) is 0 Å². The summed E-state index contributed by atoms with van der Waals surface area (Å²) in [4.78, 5) is 12.0. The van der Waals surface area contributed by atoms with Gasteiger partial charge >= 0.3 is 6.03 Å². The molecular weight excluding hydrogens is 300 g/mol. The van der Waals surface area contributed by atoms with Gasteiger partial charge in [0.05, 0.1) is 6.54 Å². The molecule has 0 saturated heterocycles. The average Bonchev–Trinajstić information content (AvgIpc) is 2.55. The van der Waals surface area contributed by atoms with Gasteiger partial charge in [-0.1, -0.05) is 50.2 Å². The van der Waals surface area contributed by atoms with Crippen molar-refractivity contribution in [2.75, 3.05) is 18.5 Å². The van der Waals surface area contributed by atoms with Crippen LogP contribution in [0.3, 0.4) is 0 Å². The molecule has 0 heterocycles. The number of hydrogen-bond donors (Lipinski definition) is 2. The summed E-state index contributed by atoms with van der Waals surface area (Å²) in [5.74, 6) is 1.28. The molecule has 2 rings (SSSR count). The monoisotopic (exact) mass is 326 g/mol. The van der Waals surface area contributed by atoms with Crippen LogP contribution < -0.4 is 15.4 Å². The first-order valence-corrected chi connectivity index (χ1v) is 8.32. The molecule has 0 unspecified atom stereocenters. The molecule has 0 aromatic heterocycles. The third-order valence-corrected chi connectivity index (χ3v) is 3.91. The lowest BCUT2D eigenvalue weighted by Crippen LogP contribution is -2.32. The molecule has 2 aromatic rings. The van der Waals surface area contributed by atoms with E-state index in [0.717, 1.165) is 22.6 Å². The second-order valence-electron chi connectivity index (χ2n) is 6.19. The van der Waals surface area contributed by atoms with Gasteiger partial charge in [-0.3, -0.25) is 0 Å². The van der Waals surface area contributed by atoms with Gasteiger partial charge in [0.25, 0.3) is 0 Å². The highest BCUT2D eigenvalue weighted by Gasteiger charge is 2.08. The maximum Gasteiger partial charge on any atom is 0.319 e. The zero-order valence-electron chi connectivity index (χ0n) is 14.8. The van der Waals surface area contributed by atoms with E-state index in [9.17, 15) is 4.79 Å². The van der Waals surface area contributed by atoms with Gasteiger partial charge < -0.3 is 15.4 Å². The summed E-state index contributed by atoms with van der Waals surface area (Å²) in [7, 11) is 0. The van der Waals surface area contributed by atoms with Gasteiger partial charge in [0.15, 0.2) is 0 Å². The molecule has 2 amide bonds.